The number of para-hydroxylation sites is 1. The maximum Gasteiger partial charge on any atom is 0.255 e. The van der Waals surface area contributed by atoms with Gasteiger partial charge in [-0.1, -0.05) is 6.07 Å². The van der Waals surface area contributed by atoms with Crippen molar-refractivity contribution in [3.63, 3.8) is 0 Å². The number of aromatic amines is 1. The van der Waals surface area contributed by atoms with Crippen LogP contribution in [0.15, 0.2) is 36.7 Å². The molecule has 10 heteroatoms. The number of anilines is 2. The van der Waals surface area contributed by atoms with Gasteiger partial charge < -0.3 is 25.1 Å². The van der Waals surface area contributed by atoms with Crippen molar-refractivity contribution in [2.24, 2.45) is 0 Å². The van der Waals surface area contributed by atoms with Gasteiger partial charge in [0.1, 0.15) is 17.1 Å². The average Bonchev–Trinajstić information content (AvgIpc) is 3.58. The molecule has 0 unspecified atom stereocenters. The first kappa shape index (κ1) is 22.4. The number of nitrogens with one attached hydrogen (secondary N) is 3. The second kappa shape index (κ2) is 8.27. The van der Waals surface area contributed by atoms with Crippen molar-refractivity contribution >= 4 is 28.3 Å². The Morgan fingerprint density at radius 3 is 2.78 bits per heavy atom. The topological polar surface area (TPSA) is 114 Å². The summed E-state index contributed by atoms with van der Waals surface area (Å²) >= 11 is 0. The highest BCUT2D eigenvalue weighted by atomic mass is 19.1. The Hall–Kier alpha value is -4.05. The number of H-pyrrole nitrogens is 1. The Morgan fingerprint density at radius 2 is 2.03 bits per heavy atom. The molecular weight excluding hydrogens is 463 g/mol. The zero-order chi connectivity index (χ0) is 25.0. The first-order chi connectivity index (χ1) is 17.5. The van der Waals surface area contributed by atoms with E-state index in [-0.39, 0.29) is 23.2 Å². The van der Waals surface area contributed by atoms with Gasteiger partial charge in [0.05, 0.1) is 35.9 Å². The molecule has 0 radical (unpaired) electrons. The number of rotatable bonds is 6. The van der Waals surface area contributed by atoms with Gasteiger partial charge in [0.25, 0.3) is 5.91 Å². The summed E-state index contributed by atoms with van der Waals surface area (Å²) < 4.78 is 25.3. The first-order valence-corrected chi connectivity index (χ1v) is 11.7. The quantitative estimate of drug-likeness (QED) is 0.369. The average molecular weight is 489 g/mol. The van der Waals surface area contributed by atoms with Gasteiger partial charge in [-0.05, 0) is 38.0 Å². The van der Waals surface area contributed by atoms with Crippen molar-refractivity contribution in [3.8, 4) is 17.0 Å². The van der Waals surface area contributed by atoms with Crippen molar-refractivity contribution < 1.29 is 18.7 Å². The maximum absolute atomic E-state index is 14.5. The second-order valence-corrected chi connectivity index (χ2v) is 9.23. The Bertz CT molecular complexity index is 1510. The second-order valence-electron chi connectivity index (χ2n) is 9.23. The van der Waals surface area contributed by atoms with E-state index >= 15 is 0 Å². The highest BCUT2D eigenvalue weighted by Crippen LogP contribution is 2.53. The van der Waals surface area contributed by atoms with Crippen LogP contribution in [0.5, 0.6) is 5.75 Å². The third-order valence-electron chi connectivity index (χ3n) is 7.11. The van der Waals surface area contributed by atoms with Crippen LogP contribution in [-0.2, 0) is 10.2 Å². The van der Waals surface area contributed by atoms with Crippen molar-refractivity contribution in [2.75, 3.05) is 26.1 Å². The highest BCUT2D eigenvalue weighted by Gasteiger charge is 2.51. The predicted octanol–water partition coefficient (Wildman–Crippen LogP) is 4.39. The van der Waals surface area contributed by atoms with E-state index < -0.39 is 5.82 Å². The fourth-order valence-electron chi connectivity index (χ4n) is 4.86. The number of nitrogens with zero attached hydrogens (tertiary/aromatic N) is 3. The molecule has 1 atom stereocenters. The van der Waals surface area contributed by atoms with Crippen molar-refractivity contribution in [1.82, 2.24) is 25.3 Å². The van der Waals surface area contributed by atoms with Crippen molar-refractivity contribution in [2.45, 2.75) is 31.3 Å². The number of fused-ring (bicyclic) bond motifs is 3. The van der Waals surface area contributed by atoms with E-state index in [0.717, 1.165) is 24.1 Å². The lowest BCUT2D eigenvalue weighted by Crippen LogP contribution is -2.39. The highest BCUT2D eigenvalue weighted by molar-refractivity contribution is 6.08. The molecule has 4 heterocycles. The molecule has 4 aromatic rings. The Morgan fingerprint density at radius 1 is 1.19 bits per heavy atom. The van der Waals surface area contributed by atoms with Gasteiger partial charge in [0, 0.05) is 36.5 Å². The number of benzene rings is 1. The van der Waals surface area contributed by atoms with Gasteiger partial charge in [-0.3, -0.25) is 9.78 Å². The predicted molar refractivity (Wildman–Crippen MR) is 132 cm³/mol. The fourth-order valence-corrected chi connectivity index (χ4v) is 4.86. The van der Waals surface area contributed by atoms with Crippen LogP contribution in [0.4, 0.5) is 15.8 Å². The summed E-state index contributed by atoms with van der Waals surface area (Å²) in [6.07, 6.45) is 4.97. The van der Waals surface area contributed by atoms with E-state index in [2.05, 4.69) is 25.6 Å². The zero-order valence-electron chi connectivity index (χ0n) is 20.1. The van der Waals surface area contributed by atoms with E-state index in [1.54, 1.807) is 31.6 Å². The molecule has 0 bridgehead atoms. The molecule has 36 heavy (non-hydrogen) atoms. The van der Waals surface area contributed by atoms with Crippen molar-refractivity contribution in [3.05, 3.63) is 59.6 Å². The molecule has 1 aliphatic carbocycles. The van der Waals surface area contributed by atoms with Crippen LogP contribution >= 0.6 is 0 Å². The minimum atomic E-state index is -0.503. The normalized spacial score (nSPS) is 16.5. The van der Waals surface area contributed by atoms with E-state index in [0.29, 0.717) is 46.0 Å². The number of pyridine rings is 1. The molecule has 1 fully saturated rings. The molecule has 1 spiro atoms. The van der Waals surface area contributed by atoms with Gasteiger partial charge in [-0.15, -0.1) is 0 Å². The molecule has 184 valence electrons. The molecule has 9 nitrogen and oxygen atoms in total. The first-order valence-electron chi connectivity index (χ1n) is 11.7. The number of carbonyl (C=O) groups excluding carboxylic acids is 1. The molecule has 1 amide bonds. The van der Waals surface area contributed by atoms with Gasteiger partial charge in [0.15, 0.2) is 17.4 Å². The standard InChI is InChI=1S/C26H25FN6O3/c1-13(35-2)24-29-11-17-19(33-24)14(7-10-28-17)20-21(31-16-6-4-5-15(27)22(16)36-3)18-23(32-20)26(8-9-26)12-30-25(18)34/h4-7,10-11,13,31-32H,8-9,12H2,1-3H3,(H,30,34)/t13-/m0/s1. The summed E-state index contributed by atoms with van der Waals surface area (Å²) in [7, 11) is 3.01. The third kappa shape index (κ3) is 3.40. The summed E-state index contributed by atoms with van der Waals surface area (Å²) in [5, 5.41) is 6.34. The summed E-state index contributed by atoms with van der Waals surface area (Å²) in [4.78, 5) is 30.3. The molecule has 0 saturated heterocycles. The van der Waals surface area contributed by atoms with Crippen LogP contribution in [0.3, 0.4) is 0 Å². The van der Waals surface area contributed by atoms with E-state index in [1.165, 1.54) is 13.2 Å². The van der Waals surface area contributed by atoms with Gasteiger partial charge >= 0.3 is 0 Å². The van der Waals surface area contributed by atoms with Crippen LogP contribution in [-0.4, -0.2) is 46.6 Å². The number of amides is 1. The summed E-state index contributed by atoms with van der Waals surface area (Å²) in [6.45, 7) is 2.45. The van der Waals surface area contributed by atoms with Gasteiger partial charge in [0.2, 0.25) is 0 Å². The minimum absolute atomic E-state index is 0.0638. The number of halogens is 1. The van der Waals surface area contributed by atoms with Gasteiger partial charge in [-0.2, -0.15) is 0 Å². The molecule has 2 aliphatic rings. The van der Waals surface area contributed by atoms with E-state index in [4.69, 9.17) is 14.5 Å². The number of methoxy groups -OCH3 is 2. The van der Waals surface area contributed by atoms with Crippen LogP contribution in [0, 0.1) is 5.82 Å². The lowest BCUT2D eigenvalue weighted by atomic mass is 9.93. The monoisotopic (exact) mass is 488 g/mol. The van der Waals surface area contributed by atoms with E-state index in [9.17, 15) is 9.18 Å². The van der Waals surface area contributed by atoms with Crippen LogP contribution < -0.4 is 15.4 Å². The van der Waals surface area contributed by atoms with Crippen LogP contribution in [0.2, 0.25) is 0 Å². The molecule has 6 rings (SSSR count). The summed E-state index contributed by atoms with van der Waals surface area (Å²) in [6, 6.07) is 6.48. The fraction of sp³-hybridized carbons (Fsp3) is 0.308. The number of hydrogen-bond donors (Lipinski definition) is 3. The Labute approximate surface area is 206 Å². The number of carbonyl (C=O) groups is 1. The maximum atomic E-state index is 14.5. The largest absolute Gasteiger partial charge is 0.492 e. The van der Waals surface area contributed by atoms with Gasteiger partial charge in [-0.25, -0.2) is 14.4 Å². The van der Waals surface area contributed by atoms with Crippen LogP contribution in [0.25, 0.3) is 22.3 Å². The zero-order valence-corrected chi connectivity index (χ0v) is 20.1. The molecule has 1 aliphatic heterocycles. The van der Waals surface area contributed by atoms with E-state index in [1.807, 2.05) is 13.0 Å². The molecule has 3 N–H and O–H groups in total. The molecular formula is C26H25FN6O3. The summed E-state index contributed by atoms with van der Waals surface area (Å²) in [5.74, 6) is -0.108. The van der Waals surface area contributed by atoms with Crippen molar-refractivity contribution in [1.29, 1.82) is 0 Å². The Balaban J connectivity index is 1.61. The molecule has 3 aromatic heterocycles. The summed E-state index contributed by atoms with van der Waals surface area (Å²) in [5.41, 5.74) is 4.83. The number of aromatic nitrogens is 4. The minimum Gasteiger partial charge on any atom is -0.492 e. The molecule has 1 saturated carbocycles. The van der Waals surface area contributed by atoms with Crippen LogP contribution in [0.1, 0.15) is 47.7 Å². The molecule has 1 aromatic carbocycles. The lowest BCUT2D eigenvalue weighted by molar-refractivity contribution is 0.0938. The third-order valence-corrected chi connectivity index (χ3v) is 7.11. The SMILES string of the molecule is COc1c(F)cccc1Nc1c(-c2ccnc3cnc([C@H](C)OC)nc23)[nH]c2c1C(=O)NCC21CC1. The Kier molecular flexibility index (Phi) is 5.15. The number of hydrogen-bond acceptors (Lipinski definition) is 7. The smallest absolute Gasteiger partial charge is 0.255 e. The number of ether oxygens (including phenoxy) is 2. The lowest BCUT2D eigenvalue weighted by Gasteiger charge is -2.23.